The van der Waals surface area contributed by atoms with Gasteiger partial charge in [-0.25, -0.2) is 4.98 Å². The van der Waals surface area contributed by atoms with Gasteiger partial charge in [-0.05, 0) is 31.0 Å². The van der Waals surface area contributed by atoms with E-state index in [-0.39, 0.29) is 5.41 Å². The van der Waals surface area contributed by atoms with Gasteiger partial charge in [-0.1, -0.05) is 26.8 Å². The zero-order chi connectivity index (χ0) is 11.2. The highest BCUT2D eigenvalue weighted by molar-refractivity contribution is 7.18. The number of benzene rings is 1. The van der Waals surface area contributed by atoms with Crippen LogP contribution in [-0.4, -0.2) is 4.98 Å². The van der Waals surface area contributed by atoms with Crippen molar-refractivity contribution in [3.05, 3.63) is 28.3 Å². The zero-order valence-corrected chi connectivity index (χ0v) is 10.8. The molecule has 0 aliphatic heterocycles. The molecule has 0 bridgehead atoms. The van der Waals surface area contributed by atoms with E-state index in [0.717, 1.165) is 5.52 Å². The maximum absolute atomic E-state index is 4.72. The number of fused-ring (bicyclic) bond motifs is 1. The predicted molar refractivity (Wildman–Crippen MR) is 67.8 cm³/mol. The SMILES string of the molecule is Cc1cc(C)c2sc(C(C)(C)C)nc2c1. The van der Waals surface area contributed by atoms with E-state index in [1.54, 1.807) is 0 Å². The monoisotopic (exact) mass is 219 g/mol. The summed E-state index contributed by atoms with van der Waals surface area (Å²) in [5.74, 6) is 0. The molecule has 0 saturated carbocycles. The van der Waals surface area contributed by atoms with E-state index in [4.69, 9.17) is 4.98 Å². The molecule has 15 heavy (non-hydrogen) atoms. The number of thiazole rings is 1. The third-order valence-electron chi connectivity index (χ3n) is 2.46. The van der Waals surface area contributed by atoms with Gasteiger partial charge in [0.05, 0.1) is 15.2 Å². The first-order chi connectivity index (χ1) is 6.88. The average Bonchev–Trinajstić information content (AvgIpc) is 2.46. The summed E-state index contributed by atoms with van der Waals surface area (Å²) >= 11 is 1.83. The van der Waals surface area contributed by atoms with Crippen molar-refractivity contribution in [1.29, 1.82) is 0 Å². The van der Waals surface area contributed by atoms with Crippen molar-refractivity contribution in [3.63, 3.8) is 0 Å². The van der Waals surface area contributed by atoms with E-state index in [0.29, 0.717) is 0 Å². The second-order valence-electron chi connectivity index (χ2n) is 5.20. The van der Waals surface area contributed by atoms with Gasteiger partial charge in [0.2, 0.25) is 0 Å². The molecule has 0 amide bonds. The van der Waals surface area contributed by atoms with E-state index < -0.39 is 0 Å². The Morgan fingerprint density at radius 2 is 1.80 bits per heavy atom. The summed E-state index contributed by atoms with van der Waals surface area (Å²) in [6.07, 6.45) is 0. The first-order valence-corrected chi connectivity index (χ1v) is 6.08. The lowest BCUT2D eigenvalue weighted by Gasteiger charge is -2.13. The average molecular weight is 219 g/mol. The molecule has 0 spiro atoms. The smallest absolute Gasteiger partial charge is 0.0992 e. The molecule has 0 atom stereocenters. The van der Waals surface area contributed by atoms with E-state index in [1.807, 2.05) is 11.3 Å². The van der Waals surface area contributed by atoms with Gasteiger partial charge in [-0.15, -0.1) is 11.3 Å². The first-order valence-electron chi connectivity index (χ1n) is 5.26. The molecular weight excluding hydrogens is 202 g/mol. The lowest BCUT2D eigenvalue weighted by atomic mass is 9.98. The molecule has 0 aliphatic rings. The molecule has 80 valence electrons. The second-order valence-corrected chi connectivity index (χ2v) is 6.20. The Bertz CT molecular complexity index is 503. The number of hydrogen-bond donors (Lipinski definition) is 0. The van der Waals surface area contributed by atoms with E-state index >= 15 is 0 Å². The molecule has 1 heterocycles. The molecule has 0 N–H and O–H groups in total. The fourth-order valence-electron chi connectivity index (χ4n) is 1.70. The van der Waals surface area contributed by atoms with E-state index in [9.17, 15) is 0 Å². The quantitative estimate of drug-likeness (QED) is 0.646. The Labute approximate surface area is 95.2 Å². The normalized spacial score (nSPS) is 12.3. The Morgan fingerprint density at radius 1 is 1.13 bits per heavy atom. The van der Waals surface area contributed by atoms with Gasteiger partial charge in [0.1, 0.15) is 0 Å². The topological polar surface area (TPSA) is 12.9 Å². The Morgan fingerprint density at radius 3 is 2.40 bits per heavy atom. The second kappa shape index (κ2) is 3.31. The molecule has 0 unspecified atom stereocenters. The summed E-state index contributed by atoms with van der Waals surface area (Å²) in [6.45, 7) is 10.9. The molecule has 1 aromatic carbocycles. The van der Waals surface area contributed by atoms with Crippen LogP contribution in [0.3, 0.4) is 0 Å². The molecule has 1 aromatic heterocycles. The Balaban J connectivity index is 2.71. The van der Waals surface area contributed by atoms with Crippen LogP contribution in [0.15, 0.2) is 12.1 Å². The standard InChI is InChI=1S/C13H17NS/c1-8-6-9(2)11-10(7-8)14-12(15-11)13(3,4)5/h6-7H,1-5H3. The van der Waals surface area contributed by atoms with E-state index in [1.165, 1.54) is 20.8 Å². The van der Waals surface area contributed by atoms with Gasteiger partial charge in [-0.2, -0.15) is 0 Å². The highest BCUT2D eigenvalue weighted by atomic mass is 32.1. The molecule has 0 radical (unpaired) electrons. The molecule has 2 rings (SSSR count). The van der Waals surface area contributed by atoms with E-state index in [2.05, 4.69) is 46.8 Å². The summed E-state index contributed by atoms with van der Waals surface area (Å²) in [5.41, 5.74) is 3.95. The summed E-state index contributed by atoms with van der Waals surface area (Å²) in [6, 6.07) is 4.40. The number of nitrogens with zero attached hydrogens (tertiary/aromatic N) is 1. The third kappa shape index (κ3) is 1.91. The van der Waals surface area contributed by atoms with Crippen LogP contribution < -0.4 is 0 Å². The number of aryl methyl sites for hydroxylation is 2. The largest absolute Gasteiger partial charge is 0.241 e. The van der Waals surface area contributed by atoms with Crippen molar-refractivity contribution >= 4 is 21.6 Å². The van der Waals surface area contributed by atoms with Gasteiger partial charge in [0, 0.05) is 5.41 Å². The minimum atomic E-state index is 0.157. The van der Waals surface area contributed by atoms with Gasteiger partial charge >= 0.3 is 0 Å². The molecular formula is C13H17NS. The van der Waals surface area contributed by atoms with Crippen LogP contribution in [0.4, 0.5) is 0 Å². The number of rotatable bonds is 0. The molecule has 2 aromatic rings. The Kier molecular flexibility index (Phi) is 2.34. The number of aromatic nitrogens is 1. The van der Waals surface area contributed by atoms with Crippen LogP contribution in [0.5, 0.6) is 0 Å². The zero-order valence-electron chi connectivity index (χ0n) is 10.0. The van der Waals surface area contributed by atoms with Gasteiger partial charge in [-0.3, -0.25) is 0 Å². The molecule has 0 aliphatic carbocycles. The van der Waals surface area contributed by atoms with Crippen LogP contribution in [0.25, 0.3) is 10.2 Å². The summed E-state index contributed by atoms with van der Waals surface area (Å²) in [5, 5.41) is 1.23. The summed E-state index contributed by atoms with van der Waals surface area (Å²) in [7, 11) is 0. The van der Waals surface area contributed by atoms with Crippen LogP contribution in [0, 0.1) is 13.8 Å². The minimum absolute atomic E-state index is 0.157. The Hall–Kier alpha value is -0.890. The van der Waals surface area contributed by atoms with Gasteiger partial charge in [0.25, 0.3) is 0 Å². The van der Waals surface area contributed by atoms with Crippen LogP contribution in [0.2, 0.25) is 0 Å². The van der Waals surface area contributed by atoms with Crippen molar-refractivity contribution in [3.8, 4) is 0 Å². The van der Waals surface area contributed by atoms with Crippen LogP contribution in [-0.2, 0) is 5.41 Å². The molecule has 0 saturated heterocycles. The highest BCUT2D eigenvalue weighted by Crippen LogP contribution is 2.33. The fraction of sp³-hybridized carbons (Fsp3) is 0.462. The van der Waals surface area contributed by atoms with Crippen molar-refractivity contribution < 1.29 is 0 Å². The van der Waals surface area contributed by atoms with Gasteiger partial charge < -0.3 is 0 Å². The predicted octanol–water partition coefficient (Wildman–Crippen LogP) is 4.21. The fourth-order valence-corrected chi connectivity index (χ4v) is 2.77. The number of hydrogen-bond acceptors (Lipinski definition) is 2. The maximum Gasteiger partial charge on any atom is 0.0992 e. The molecule has 1 nitrogen and oxygen atoms in total. The summed E-state index contributed by atoms with van der Waals surface area (Å²) in [4.78, 5) is 4.72. The lowest BCUT2D eigenvalue weighted by Crippen LogP contribution is -2.09. The minimum Gasteiger partial charge on any atom is -0.241 e. The molecule has 2 heteroatoms. The summed E-state index contributed by atoms with van der Waals surface area (Å²) < 4.78 is 1.34. The van der Waals surface area contributed by atoms with Gasteiger partial charge in [0.15, 0.2) is 0 Å². The van der Waals surface area contributed by atoms with Crippen molar-refractivity contribution in [2.24, 2.45) is 0 Å². The third-order valence-corrected chi connectivity index (χ3v) is 4.09. The van der Waals surface area contributed by atoms with Crippen molar-refractivity contribution in [2.75, 3.05) is 0 Å². The van der Waals surface area contributed by atoms with Crippen molar-refractivity contribution in [1.82, 2.24) is 4.98 Å². The highest BCUT2D eigenvalue weighted by Gasteiger charge is 2.19. The first kappa shape index (κ1) is 10.6. The van der Waals surface area contributed by atoms with Crippen molar-refractivity contribution in [2.45, 2.75) is 40.0 Å². The van der Waals surface area contributed by atoms with Crippen LogP contribution >= 0.6 is 11.3 Å². The lowest BCUT2D eigenvalue weighted by molar-refractivity contribution is 0.587. The molecule has 0 fully saturated rings. The van der Waals surface area contributed by atoms with Crippen LogP contribution in [0.1, 0.15) is 36.9 Å². The maximum atomic E-state index is 4.72.